The van der Waals surface area contributed by atoms with Crippen molar-refractivity contribution in [3.8, 4) is 5.69 Å². The molecule has 1 heterocycles. The first-order valence-corrected chi connectivity index (χ1v) is 5.80. The minimum Gasteiger partial charge on any atom is -0.478 e. The van der Waals surface area contributed by atoms with E-state index in [2.05, 4.69) is 4.98 Å². The number of imidazole rings is 1. The lowest BCUT2D eigenvalue weighted by molar-refractivity contribution is 0.0697. The zero-order chi connectivity index (χ0) is 14.3. The highest BCUT2D eigenvalue weighted by atomic mass is 19.1. The van der Waals surface area contributed by atoms with Crippen LogP contribution in [-0.4, -0.2) is 20.6 Å². The fraction of sp³-hybridized carbons (Fsp3) is 0. The van der Waals surface area contributed by atoms with E-state index in [4.69, 9.17) is 5.11 Å². The minimum absolute atomic E-state index is 0.0571. The highest BCUT2D eigenvalue weighted by Gasteiger charge is 2.12. The molecule has 6 heteroatoms. The molecule has 0 bridgehead atoms. The second kappa shape index (κ2) is 4.34. The van der Waals surface area contributed by atoms with Crippen molar-refractivity contribution in [2.24, 2.45) is 0 Å². The Hall–Kier alpha value is -2.89. The highest BCUT2D eigenvalue weighted by Crippen LogP contribution is 2.18. The fourth-order valence-electron chi connectivity index (χ4n) is 2.11. The van der Waals surface area contributed by atoms with Gasteiger partial charge in [0, 0.05) is 0 Å². The maximum Gasteiger partial charge on any atom is 0.335 e. The molecule has 20 heavy (non-hydrogen) atoms. The van der Waals surface area contributed by atoms with Gasteiger partial charge in [0.05, 0.1) is 22.3 Å². The van der Waals surface area contributed by atoms with Crippen LogP contribution in [0.5, 0.6) is 0 Å². The molecule has 0 spiro atoms. The standard InChI is InChI=1S/C14H9FN2O3/c15-9-2-1-3-10(7-9)17-12-6-8(13(18)19)4-5-11(12)16-14(17)20/h1-7H,(H,16,20)(H,18,19). The van der Waals surface area contributed by atoms with Gasteiger partial charge in [-0.3, -0.25) is 4.57 Å². The van der Waals surface area contributed by atoms with Gasteiger partial charge in [0.15, 0.2) is 0 Å². The molecule has 5 nitrogen and oxygen atoms in total. The number of nitrogens with zero attached hydrogens (tertiary/aromatic N) is 1. The van der Waals surface area contributed by atoms with Crippen LogP contribution in [0, 0.1) is 5.82 Å². The number of carbonyl (C=O) groups is 1. The summed E-state index contributed by atoms with van der Waals surface area (Å²) in [6.45, 7) is 0. The van der Waals surface area contributed by atoms with Gasteiger partial charge in [-0.1, -0.05) is 6.07 Å². The van der Waals surface area contributed by atoms with Crippen LogP contribution in [0.15, 0.2) is 47.3 Å². The molecule has 0 radical (unpaired) electrons. The number of halogens is 1. The highest BCUT2D eigenvalue weighted by molar-refractivity contribution is 5.92. The summed E-state index contributed by atoms with van der Waals surface area (Å²) < 4.78 is 14.5. The van der Waals surface area contributed by atoms with Crippen LogP contribution in [0.25, 0.3) is 16.7 Å². The first-order chi connectivity index (χ1) is 9.56. The van der Waals surface area contributed by atoms with E-state index in [1.807, 2.05) is 0 Å². The SMILES string of the molecule is O=C(O)c1ccc2[nH]c(=O)n(-c3cccc(F)c3)c2c1. The lowest BCUT2D eigenvalue weighted by Gasteiger charge is -2.04. The van der Waals surface area contributed by atoms with Crippen molar-refractivity contribution in [1.29, 1.82) is 0 Å². The summed E-state index contributed by atoms with van der Waals surface area (Å²) in [4.78, 5) is 25.6. The van der Waals surface area contributed by atoms with Crippen molar-refractivity contribution < 1.29 is 14.3 Å². The Morgan fingerprint density at radius 3 is 2.70 bits per heavy atom. The fourth-order valence-corrected chi connectivity index (χ4v) is 2.11. The van der Waals surface area contributed by atoms with Gasteiger partial charge in [0.1, 0.15) is 5.82 Å². The van der Waals surface area contributed by atoms with Crippen molar-refractivity contribution in [3.05, 3.63) is 64.3 Å². The van der Waals surface area contributed by atoms with E-state index in [0.29, 0.717) is 16.7 Å². The van der Waals surface area contributed by atoms with E-state index in [0.717, 1.165) is 0 Å². The number of H-pyrrole nitrogens is 1. The average molecular weight is 272 g/mol. The van der Waals surface area contributed by atoms with Crippen molar-refractivity contribution in [2.45, 2.75) is 0 Å². The molecule has 1 aromatic heterocycles. The molecule has 100 valence electrons. The molecule has 2 aromatic carbocycles. The monoisotopic (exact) mass is 272 g/mol. The largest absolute Gasteiger partial charge is 0.478 e. The van der Waals surface area contributed by atoms with Crippen LogP contribution >= 0.6 is 0 Å². The van der Waals surface area contributed by atoms with E-state index in [9.17, 15) is 14.0 Å². The smallest absolute Gasteiger partial charge is 0.335 e. The van der Waals surface area contributed by atoms with E-state index in [1.54, 1.807) is 6.07 Å². The van der Waals surface area contributed by atoms with Crippen LogP contribution < -0.4 is 5.69 Å². The summed E-state index contributed by atoms with van der Waals surface area (Å²) >= 11 is 0. The summed E-state index contributed by atoms with van der Waals surface area (Å²) in [5.41, 5.74) is 0.823. The molecule has 3 aromatic rings. The van der Waals surface area contributed by atoms with Gasteiger partial charge >= 0.3 is 11.7 Å². The van der Waals surface area contributed by atoms with Crippen LogP contribution in [0.1, 0.15) is 10.4 Å². The number of carboxylic acids is 1. The summed E-state index contributed by atoms with van der Waals surface area (Å²) in [6, 6.07) is 9.82. The Labute approximate surface area is 111 Å². The van der Waals surface area contributed by atoms with Crippen LogP contribution in [0.4, 0.5) is 4.39 Å². The Morgan fingerprint density at radius 1 is 1.20 bits per heavy atom. The molecule has 0 atom stereocenters. The van der Waals surface area contributed by atoms with Gasteiger partial charge in [-0.2, -0.15) is 0 Å². The zero-order valence-corrected chi connectivity index (χ0v) is 10.1. The van der Waals surface area contributed by atoms with Crippen LogP contribution in [0.3, 0.4) is 0 Å². The lowest BCUT2D eigenvalue weighted by atomic mass is 10.2. The number of benzene rings is 2. The molecule has 2 N–H and O–H groups in total. The van der Waals surface area contributed by atoms with Gasteiger partial charge < -0.3 is 10.1 Å². The number of fused-ring (bicyclic) bond motifs is 1. The zero-order valence-electron chi connectivity index (χ0n) is 10.1. The topological polar surface area (TPSA) is 75.1 Å². The quantitative estimate of drug-likeness (QED) is 0.750. The molecule has 0 aliphatic rings. The third-order valence-corrected chi connectivity index (χ3v) is 3.00. The maximum atomic E-state index is 13.3. The number of aromatic carboxylic acids is 1. The van der Waals surface area contributed by atoms with Crippen molar-refractivity contribution in [1.82, 2.24) is 9.55 Å². The first-order valence-electron chi connectivity index (χ1n) is 5.80. The Morgan fingerprint density at radius 2 is 2.00 bits per heavy atom. The Kier molecular flexibility index (Phi) is 2.64. The van der Waals surface area contributed by atoms with Gasteiger partial charge in [-0.25, -0.2) is 14.0 Å². The summed E-state index contributed by atoms with van der Waals surface area (Å²) in [5, 5.41) is 9.00. The minimum atomic E-state index is -1.09. The van der Waals surface area contributed by atoms with Crippen molar-refractivity contribution in [2.75, 3.05) is 0 Å². The molecule has 0 fully saturated rings. The molecule has 3 rings (SSSR count). The molecule has 0 saturated carbocycles. The molecule has 0 aliphatic carbocycles. The first kappa shape index (κ1) is 12.2. The second-order valence-electron chi connectivity index (χ2n) is 4.28. The Balaban J connectivity index is 2.34. The predicted octanol–water partition coefficient (Wildman–Crippen LogP) is 2.16. The molecular weight excluding hydrogens is 263 g/mol. The molecular formula is C14H9FN2O3. The number of hydrogen-bond acceptors (Lipinski definition) is 2. The second-order valence-corrected chi connectivity index (χ2v) is 4.28. The number of rotatable bonds is 2. The third-order valence-electron chi connectivity index (χ3n) is 3.00. The maximum absolute atomic E-state index is 13.3. The molecule has 0 saturated heterocycles. The third kappa shape index (κ3) is 1.87. The van der Waals surface area contributed by atoms with E-state index < -0.39 is 17.5 Å². The van der Waals surface area contributed by atoms with Gasteiger partial charge in [-0.15, -0.1) is 0 Å². The number of hydrogen-bond donors (Lipinski definition) is 2. The number of carboxylic acid groups (broad SMARTS) is 1. The molecule has 0 aliphatic heterocycles. The summed E-state index contributed by atoms with van der Waals surface area (Å²) in [6.07, 6.45) is 0. The van der Waals surface area contributed by atoms with Crippen LogP contribution in [0.2, 0.25) is 0 Å². The van der Waals surface area contributed by atoms with Crippen molar-refractivity contribution in [3.63, 3.8) is 0 Å². The summed E-state index contributed by atoms with van der Waals surface area (Å²) in [7, 11) is 0. The van der Waals surface area contributed by atoms with Crippen LogP contribution in [-0.2, 0) is 0 Å². The van der Waals surface area contributed by atoms with E-state index in [-0.39, 0.29) is 5.56 Å². The van der Waals surface area contributed by atoms with E-state index >= 15 is 0 Å². The Bertz CT molecular complexity index is 880. The van der Waals surface area contributed by atoms with Gasteiger partial charge in [0.2, 0.25) is 0 Å². The number of aromatic amines is 1. The molecule has 0 amide bonds. The normalized spacial score (nSPS) is 10.8. The van der Waals surface area contributed by atoms with Gasteiger partial charge in [0.25, 0.3) is 0 Å². The van der Waals surface area contributed by atoms with Crippen molar-refractivity contribution >= 4 is 17.0 Å². The molecule has 0 unspecified atom stereocenters. The number of nitrogens with one attached hydrogen (secondary N) is 1. The number of aromatic nitrogens is 2. The van der Waals surface area contributed by atoms with Gasteiger partial charge in [-0.05, 0) is 36.4 Å². The summed E-state index contributed by atoms with van der Waals surface area (Å²) in [5.74, 6) is -1.57. The average Bonchev–Trinajstić information content (AvgIpc) is 2.73. The van der Waals surface area contributed by atoms with E-state index in [1.165, 1.54) is 41.0 Å². The predicted molar refractivity (Wildman–Crippen MR) is 70.8 cm³/mol. The lowest BCUT2D eigenvalue weighted by Crippen LogP contribution is -2.14.